The number of fused-ring (bicyclic) bond motifs is 1. The summed E-state index contributed by atoms with van der Waals surface area (Å²) in [6.07, 6.45) is 2.51. The average molecular weight is 437 g/mol. The van der Waals surface area contributed by atoms with Crippen LogP contribution >= 0.6 is 10.6 Å². The first-order valence-electron chi connectivity index (χ1n) is 9.99. The van der Waals surface area contributed by atoms with Gasteiger partial charge in [0.2, 0.25) is 0 Å². The van der Waals surface area contributed by atoms with Gasteiger partial charge in [-0.3, -0.25) is 9.11 Å². The molecule has 1 unspecified atom stereocenters. The Kier molecular flexibility index (Phi) is 6.02. The molecule has 2 aliphatic rings. The van der Waals surface area contributed by atoms with Crippen molar-refractivity contribution in [2.45, 2.75) is 34.4 Å². The van der Waals surface area contributed by atoms with Gasteiger partial charge in [-0.25, -0.2) is 8.42 Å². The average Bonchev–Trinajstić information content (AvgIpc) is 3.33. The Bertz CT molecular complexity index is 958. The summed E-state index contributed by atoms with van der Waals surface area (Å²) < 4.78 is 47.8. The lowest BCUT2D eigenvalue weighted by atomic mass is 10.1. The smallest absolute Gasteiger partial charge is 0.187 e. The van der Waals surface area contributed by atoms with Crippen molar-refractivity contribution in [3.05, 3.63) is 59.7 Å². The molecule has 1 saturated heterocycles. The SMILES string of the molecule is O=S(=O)(c1ccccc1)C1CS(O)(O)c2cccc(CNCCN3CCCC3)c21. The first kappa shape index (κ1) is 20.8. The number of nitrogens with zero attached hydrogens (tertiary/aromatic N) is 1. The molecule has 4 rings (SSSR count). The van der Waals surface area contributed by atoms with Crippen molar-refractivity contribution in [2.75, 3.05) is 31.9 Å². The molecule has 6 nitrogen and oxygen atoms in total. The summed E-state index contributed by atoms with van der Waals surface area (Å²) in [5.74, 6) is -0.176. The monoisotopic (exact) mass is 436 g/mol. The van der Waals surface area contributed by atoms with E-state index in [1.165, 1.54) is 12.8 Å². The van der Waals surface area contributed by atoms with Crippen molar-refractivity contribution in [3.63, 3.8) is 0 Å². The highest BCUT2D eigenvalue weighted by Crippen LogP contribution is 2.62. The van der Waals surface area contributed by atoms with Crippen LogP contribution in [0.4, 0.5) is 0 Å². The Morgan fingerprint density at radius 2 is 1.76 bits per heavy atom. The lowest BCUT2D eigenvalue weighted by Gasteiger charge is -2.27. The third-order valence-corrected chi connectivity index (χ3v) is 9.93. The van der Waals surface area contributed by atoms with Crippen molar-refractivity contribution >= 4 is 20.4 Å². The van der Waals surface area contributed by atoms with Crippen LogP contribution in [0.1, 0.15) is 29.2 Å². The van der Waals surface area contributed by atoms with Gasteiger partial charge in [-0.2, -0.15) is 10.6 Å². The number of benzene rings is 2. The van der Waals surface area contributed by atoms with Gasteiger partial charge in [0, 0.05) is 19.6 Å². The highest BCUT2D eigenvalue weighted by Gasteiger charge is 2.44. The number of rotatable bonds is 7. The molecule has 0 bridgehead atoms. The molecule has 0 aliphatic carbocycles. The highest BCUT2D eigenvalue weighted by molar-refractivity contribution is 8.25. The van der Waals surface area contributed by atoms with Gasteiger partial charge in [0.15, 0.2) is 9.84 Å². The summed E-state index contributed by atoms with van der Waals surface area (Å²) in [4.78, 5) is 3.01. The maximum atomic E-state index is 13.3. The fourth-order valence-electron chi connectivity index (χ4n) is 4.26. The maximum absolute atomic E-state index is 13.3. The quantitative estimate of drug-likeness (QED) is 0.576. The highest BCUT2D eigenvalue weighted by atomic mass is 32.3. The zero-order chi connectivity index (χ0) is 20.5. The standard InChI is InChI=1S/C21H28N2O4S2/c24-28(25)16-20(29(26,27)18-8-2-1-3-9-18)21-17(7-6-10-19(21)28)15-22-11-14-23-12-4-5-13-23/h1-3,6-10,20,22,24-25H,4-5,11-16H2. The molecule has 8 heteroatoms. The molecule has 3 N–H and O–H groups in total. The Labute approximate surface area is 174 Å². The molecule has 2 aromatic rings. The van der Waals surface area contributed by atoms with Crippen LogP contribution in [-0.4, -0.2) is 54.4 Å². The summed E-state index contributed by atoms with van der Waals surface area (Å²) in [6, 6.07) is 13.6. The van der Waals surface area contributed by atoms with Crippen molar-refractivity contribution in [1.29, 1.82) is 0 Å². The van der Waals surface area contributed by atoms with Gasteiger partial charge in [-0.05, 0) is 55.3 Å². The predicted molar refractivity (Wildman–Crippen MR) is 116 cm³/mol. The van der Waals surface area contributed by atoms with Crippen LogP contribution in [-0.2, 0) is 16.4 Å². The van der Waals surface area contributed by atoms with Crippen LogP contribution in [0, 0.1) is 0 Å². The second-order valence-electron chi connectivity index (χ2n) is 7.73. The Morgan fingerprint density at radius 1 is 1.03 bits per heavy atom. The minimum atomic E-state index is -3.72. The number of hydrogen-bond acceptors (Lipinski definition) is 6. The summed E-state index contributed by atoms with van der Waals surface area (Å²) in [7, 11) is -6.85. The topological polar surface area (TPSA) is 89.9 Å². The van der Waals surface area contributed by atoms with E-state index in [4.69, 9.17) is 0 Å². The summed E-state index contributed by atoms with van der Waals surface area (Å²) in [6.45, 7) is 4.57. The van der Waals surface area contributed by atoms with Crippen molar-refractivity contribution in [1.82, 2.24) is 10.2 Å². The summed E-state index contributed by atoms with van der Waals surface area (Å²) in [5.41, 5.74) is 1.39. The Hall–Kier alpha value is -1.42. The normalized spacial score (nSPS) is 22.5. The molecule has 2 heterocycles. The largest absolute Gasteiger partial charge is 0.311 e. The molecule has 29 heavy (non-hydrogen) atoms. The Balaban J connectivity index is 1.59. The molecule has 0 aromatic heterocycles. The Morgan fingerprint density at radius 3 is 2.48 bits per heavy atom. The van der Waals surface area contributed by atoms with Crippen LogP contribution in [0.2, 0.25) is 0 Å². The molecule has 0 spiro atoms. The third-order valence-electron chi connectivity index (χ3n) is 5.78. The number of likely N-dealkylation sites (tertiary alicyclic amines) is 1. The zero-order valence-electron chi connectivity index (χ0n) is 16.3. The van der Waals surface area contributed by atoms with E-state index < -0.39 is 25.7 Å². The molecule has 2 aliphatic heterocycles. The van der Waals surface area contributed by atoms with Crippen molar-refractivity contribution < 1.29 is 17.5 Å². The number of hydrogen-bond donors (Lipinski definition) is 3. The lowest BCUT2D eigenvalue weighted by Crippen LogP contribution is -2.30. The maximum Gasteiger partial charge on any atom is 0.187 e. The fraction of sp³-hybridized carbons (Fsp3) is 0.429. The molecule has 0 amide bonds. The van der Waals surface area contributed by atoms with Gasteiger partial charge < -0.3 is 10.2 Å². The van der Waals surface area contributed by atoms with E-state index in [0.29, 0.717) is 17.0 Å². The van der Waals surface area contributed by atoms with Gasteiger partial charge in [-0.1, -0.05) is 30.3 Å². The van der Waals surface area contributed by atoms with E-state index >= 15 is 0 Å². The van der Waals surface area contributed by atoms with Gasteiger partial charge >= 0.3 is 0 Å². The minimum absolute atomic E-state index is 0.176. The van der Waals surface area contributed by atoms with Crippen LogP contribution in [0.5, 0.6) is 0 Å². The van der Waals surface area contributed by atoms with Gasteiger partial charge in [0.1, 0.15) is 5.25 Å². The van der Waals surface area contributed by atoms with Crippen LogP contribution in [0.3, 0.4) is 0 Å². The molecule has 2 aromatic carbocycles. The van der Waals surface area contributed by atoms with E-state index in [-0.39, 0.29) is 10.6 Å². The third kappa shape index (κ3) is 4.23. The zero-order valence-corrected chi connectivity index (χ0v) is 18.0. The summed E-state index contributed by atoms with van der Waals surface area (Å²) >= 11 is 0. The lowest BCUT2D eigenvalue weighted by molar-refractivity contribution is 0.335. The predicted octanol–water partition coefficient (Wildman–Crippen LogP) is 3.51. The molecule has 0 saturated carbocycles. The van der Waals surface area contributed by atoms with Crippen LogP contribution < -0.4 is 5.32 Å². The van der Waals surface area contributed by atoms with Gasteiger partial charge in [0.05, 0.1) is 15.5 Å². The second kappa shape index (κ2) is 8.37. The van der Waals surface area contributed by atoms with E-state index in [2.05, 4.69) is 10.2 Å². The second-order valence-corrected chi connectivity index (χ2v) is 12.0. The van der Waals surface area contributed by atoms with Gasteiger partial charge in [0.25, 0.3) is 0 Å². The van der Waals surface area contributed by atoms with E-state index in [0.717, 1.165) is 31.7 Å². The van der Waals surface area contributed by atoms with Crippen molar-refractivity contribution in [3.8, 4) is 0 Å². The molecular formula is C21H28N2O4S2. The molecule has 158 valence electrons. The van der Waals surface area contributed by atoms with Crippen LogP contribution in [0.25, 0.3) is 0 Å². The minimum Gasteiger partial charge on any atom is -0.311 e. The number of sulfone groups is 1. The van der Waals surface area contributed by atoms with E-state index in [9.17, 15) is 17.5 Å². The molecule has 1 atom stereocenters. The van der Waals surface area contributed by atoms with Crippen molar-refractivity contribution in [2.24, 2.45) is 0 Å². The van der Waals surface area contributed by atoms with E-state index in [1.54, 1.807) is 42.5 Å². The first-order valence-corrected chi connectivity index (χ1v) is 13.3. The van der Waals surface area contributed by atoms with Crippen LogP contribution in [0.15, 0.2) is 58.3 Å². The fourth-order valence-corrected chi connectivity index (χ4v) is 8.77. The van der Waals surface area contributed by atoms with E-state index in [1.807, 2.05) is 6.07 Å². The molecule has 1 fully saturated rings. The number of nitrogens with one attached hydrogen (secondary N) is 1. The first-order chi connectivity index (χ1) is 13.9. The molecular weight excluding hydrogens is 408 g/mol. The molecule has 0 radical (unpaired) electrons. The summed E-state index contributed by atoms with van der Waals surface area (Å²) in [5, 5.41) is 2.46. The van der Waals surface area contributed by atoms with Gasteiger partial charge in [-0.15, -0.1) is 0 Å².